The zero-order chi connectivity index (χ0) is 13.9. The maximum absolute atomic E-state index is 12.1. The summed E-state index contributed by atoms with van der Waals surface area (Å²) in [6.07, 6.45) is 3.14. The minimum Gasteiger partial charge on any atom is -0.497 e. The summed E-state index contributed by atoms with van der Waals surface area (Å²) >= 11 is 1.47. The van der Waals surface area contributed by atoms with E-state index in [0.717, 1.165) is 41.8 Å². The number of methoxy groups -OCH3 is 1. The van der Waals surface area contributed by atoms with Crippen LogP contribution in [-0.4, -0.2) is 30.6 Å². The average molecular weight is 328 g/mol. The van der Waals surface area contributed by atoms with Crippen LogP contribution in [-0.2, 0) is 4.79 Å². The minimum atomic E-state index is -0.0923. The third-order valence-corrected chi connectivity index (χ3v) is 4.39. The largest absolute Gasteiger partial charge is 0.497 e. The minimum absolute atomic E-state index is 0. The van der Waals surface area contributed by atoms with E-state index in [9.17, 15) is 4.79 Å². The number of aromatic nitrogens is 1. The second kappa shape index (κ2) is 7.06. The summed E-state index contributed by atoms with van der Waals surface area (Å²) in [5.74, 6) is 0.809. The van der Waals surface area contributed by atoms with Crippen LogP contribution in [0.1, 0.15) is 19.3 Å². The Labute approximate surface area is 133 Å². The molecule has 0 saturated carbocycles. The molecule has 7 heteroatoms. The van der Waals surface area contributed by atoms with Gasteiger partial charge >= 0.3 is 0 Å². The molecule has 0 unspecified atom stereocenters. The molecule has 0 spiro atoms. The number of benzene rings is 1. The van der Waals surface area contributed by atoms with Gasteiger partial charge in [0.1, 0.15) is 5.75 Å². The predicted molar refractivity (Wildman–Crippen MR) is 87.7 cm³/mol. The molecule has 114 valence electrons. The van der Waals surface area contributed by atoms with E-state index in [0.29, 0.717) is 5.13 Å². The fraction of sp³-hybridized carbons (Fsp3) is 0.429. The summed E-state index contributed by atoms with van der Waals surface area (Å²) in [5.41, 5.74) is 0.878. The fourth-order valence-electron chi connectivity index (χ4n) is 2.35. The van der Waals surface area contributed by atoms with E-state index in [1.807, 2.05) is 18.2 Å². The highest BCUT2D eigenvalue weighted by molar-refractivity contribution is 7.22. The van der Waals surface area contributed by atoms with E-state index in [-0.39, 0.29) is 24.4 Å². The van der Waals surface area contributed by atoms with Gasteiger partial charge in [-0.05, 0) is 37.6 Å². The van der Waals surface area contributed by atoms with Crippen molar-refractivity contribution in [1.82, 2.24) is 10.3 Å². The lowest BCUT2D eigenvalue weighted by Crippen LogP contribution is -2.43. The van der Waals surface area contributed by atoms with Gasteiger partial charge in [-0.25, -0.2) is 4.98 Å². The van der Waals surface area contributed by atoms with Crippen molar-refractivity contribution in [1.29, 1.82) is 0 Å². The molecule has 1 saturated heterocycles. The smallest absolute Gasteiger partial charge is 0.243 e. The van der Waals surface area contributed by atoms with Gasteiger partial charge in [-0.15, -0.1) is 12.4 Å². The van der Waals surface area contributed by atoms with E-state index < -0.39 is 0 Å². The number of halogens is 1. The first-order valence-electron chi connectivity index (χ1n) is 6.75. The molecule has 0 aliphatic carbocycles. The zero-order valence-corrected chi connectivity index (χ0v) is 13.4. The Morgan fingerprint density at radius 3 is 3.05 bits per heavy atom. The number of hydrogen-bond donors (Lipinski definition) is 2. The highest BCUT2D eigenvalue weighted by atomic mass is 35.5. The molecule has 1 amide bonds. The average Bonchev–Trinajstić information content (AvgIpc) is 2.89. The van der Waals surface area contributed by atoms with Crippen LogP contribution >= 0.6 is 23.7 Å². The summed E-state index contributed by atoms with van der Waals surface area (Å²) < 4.78 is 6.20. The maximum atomic E-state index is 12.1. The molecule has 5 nitrogen and oxygen atoms in total. The quantitative estimate of drug-likeness (QED) is 0.910. The van der Waals surface area contributed by atoms with Crippen molar-refractivity contribution >= 4 is 45.0 Å². The van der Waals surface area contributed by atoms with Crippen molar-refractivity contribution < 1.29 is 9.53 Å². The predicted octanol–water partition coefficient (Wildman–Crippen LogP) is 2.81. The van der Waals surface area contributed by atoms with Crippen molar-refractivity contribution in [3.05, 3.63) is 18.2 Å². The van der Waals surface area contributed by atoms with Crippen molar-refractivity contribution in [2.24, 2.45) is 0 Å². The van der Waals surface area contributed by atoms with Gasteiger partial charge < -0.3 is 15.4 Å². The molecule has 21 heavy (non-hydrogen) atoms. The fourth-order valence-corrected chi connectivity index (χ4v) is 3.25. The number of carbonyl (C=O) groups is 1. The number of nitrogens with one attached hydrogen (secondary N) is 2. The molecule has 3 rings (SSSR count). The molecule has 1 aromatic carbocycles. The molecule has 2 aromatic rings. The molecule has 1 fully saturated rings. The summed E-state index contributed by atoms with van der Waals surface area (Å²) in [6, 6.07) is 5.61. The van der Waals surface area contributed by atoms with Crippen molar-refractivity contribution in [2.45, 2.75) is 25.3 Å². The Morgan fingerprint density at radius 1 is 1.48 bits per heavy atom. The standard InChI is InChI=1S/C14H17N3O2S.ClH/c1-19-9-5-6-10-12(8-9)20-14(16-10)17-13(18)11-4-2-3-7-15-11;/h5-6,8,11,15H,2-4,7H2,1H3,(H,16,17,18);1H/t11-;/m0./s1. The highest BCUT2D eigenvalue weighted by Gasteiger charge is 2.21. The van der Waals surface area contributed by atoms with Gasteiger partial charge in [0, 0.05) is 0 Å². The van der Waals surface area contributed by atoms with Crippen molar-refractivity contribution in [3.63, 3.8) is 0 Å². The third kappa shape index (κ3) is 3.64. The number of ether oxygens (including phenoxy) is 1. The van der Waals surface area contributed by atoms with Crippen LogP contribution in [0.2, 0.25) is 0 Å². The molecule has 0 radical (unpaired) electrons. The van der Waals surface area contributed by atoms with Crippen LogP contribution in [0.15, 0.2) is 18.2 Å². The molecule has 1 aromatic heterocycles. The van der Waals surface area contributed by atoms with Gasteiger partial charge in [0.25, 0.3) is 0 Å². The van der Waals surface area contributed by atoms with Crippen LogP contribution < -0.4 is 15.4 Å². The number of fused-ring (bicyclic) bond motifs is 1. The number of thiazole rings is 1. The lowest BCUT2D eigenvalue weighted by atomic mass is 10.0. The topological polar surface area (TPSA) is 63.2 Å². The second-order valence-corrected chi connectivity index (χ2v) is 5.88. The number of nitrogens with zero attached hydrogens (tertiary/aromatic N) is 1. The SMILES string of the molecule is COc1ccc2nc(NC(=O)[C@@H]3CCCCN3)sc2c1.Cl. The molecule has 2 N–H and O–H groups in total. The molecule has 2 heterocycles. The van der Waals surface area contributed by atoms with Crippen LogP contribution in [0, 0.1) is 0 Å². The van der Waals surface area contributed by atoms with Crippen molar-refractivity contribution in [3.8, 4) is 5.75 Å². The van der Waals surface area contributed by atoms with Gasteiger partial charge in [0.15, 0.2) is 5.13 Å². The van der Waals surface area contributed by atoms with Crippen LogP contribution in [0.3, 0.4) is 0 Å². The lowest BCUT2D eigenvalue weighted by Gasteiger charge is -2.21. The Balaban J connectivity index is 0.00000161. The summed E-state index contributed by atoms with van der Waals surface area (Å²) in [4.78, 5) is 16.6. The Bertz CT molecular complexity index is 626. The number of hydrogen-bond acceptors (Lipinski definition) is 5. The van der Waals surface area contributed by atoms with Gasteiger partial charge in [0.2, 0.25) is 5.91 Å². The molecule has 0 bridgehead atoms. The second-order valence-electron chi connectivity index (χ2n) is 4.84. The maximum Gasteiger partial charge on any atom is 0.243 e. The van der Waals surface area contributed by atoms with E-state index in [2.05, 4.69) is 15.6 Å². The number of anilines is 1. The van der Waals surface area contributed by atoms with E-state index >= 15 is 0 Å². The van der Waals surface area contributed by atoms with Crippen LogP contribution in [0.4, 0.5) is 5.13 Å². The van der Waals surface area contributed by atoms with Crippen LogP contribution in [0.5, 0.6) is 5.75 Å². The summed E-state index contributed by atoms with van der Waals surface area (Å²) in [7, 11) is 1.64. The summed E-state index contributed by atoms with van der Waals surface area (Å²) in [6.45, 7) is 0.912. The molecular formula is C14H18ClN3O2S. The van der Waals surface area contributed by atoms with Gasteiger partial charge in [-0.2, -0.15) is 0 Å². The Hall–Kier alpha value is -1.37. The van der Waals surface area contributed by atoms with E-state index in [1.54, 1.807) is 7.11 Å². The molecule has 1 atom stereocenters. The number of piperidine rings is 1. The molecular weight excluding hydrogens is 310 g/mol. The number of carbonyl (C=O) groups excluding carboxylic acids is 1. The normalized spacial score (nSPS) is 18.0. The van der Waals surface area contributed by atoms with Crippen molar-refractivity contribution in [2.75, 3.05) is 19.0 Å². The van der Waals surface area contributed by atoms with Crippen LogP contribution in [0.25, 0.3) is 10.2 Å². The van der Waals surface area contributed by atoms with Gasteiger partial charge in [0.05, 0.1) is 23.4 Å². The lowest BCUT2D eigenvalue weighted by molar-refractivity contribution is -0.118. The number of rotatable bonds is 3. The summed E-state index contributed by atoms with van der Waals surface area (Å²) in [5, 5.41) is 6.78. The number of amides is 1. The Kier molecular flexibility index (Phi) is 5.39. The third-order valence-electron chi connectivity index (χ3n) is 3.45. The van der Waals surface area contributed by atoms with E-state index in [4.69, 9.17) is 4.74 Å². The zero-order valence-electron chi connectivity index (χ0n) is 11.7. The first-order valence-corrected chi connectivity index (χ1v) is 7.57. The van der Waals surface area contributed by atoms with Gasteiger partial charge in [-0.3, -0.25) is 4.79 Å². The first-order chi connectivity index (χ1) is 9.76. The molecule has 1 aliphatic heterocycles. The van der Waals surface area contributed by atoms with E-state index in [1.165, 1.54) is 11.3 Å². The van der Waals surface area contributed by atoms with Gasteiger partial charge in [-0.1, -0.05) is 17.8 Å². The first kappa shape index (κ1) is 16.0. The molecule has 1 aliphatic rings. The monoisotopic (exact) mass is 327 g/mol. The highest BCUT2D eigenvalue weighted by Crippen LogP contribution is 2.29. The Morgan fingerprint density at radius 2 is 2.33 bits per heavy atom.